The van der Waals surface area contributed by atoms with Crippen molar-refractivity contribution in [2.45, 2.75) is 44.9 Å². The molecule has 1 aromatic carbocycles. The van der Waals surface area contributed by atoms with Crippen LogP contribution in [-0.4, -0.2) is 25.8 Å². The van der Waals surface area contributed by atoms with Gasteiger partial charge in [0.2, 0.25) is 10.0 Å². The third kappa shape index (κ3) is 3.61. The van der Waals surface area contributed by atoms with Gasteiger partial charge >= 0.3 is 0 Å². The van der Waals surface area contributed by atoms with Gasteiger partial charge in [-0.25, -0.2) is 8.42 Å². The SMILES string of the molecule is Cc1ccc(S(=O)(=O)N2CCC(CC(C)C)CC2)cc1. The lowest BCUT2D eigenvalue weighted by Gasteiger charge is -2.32. The molecule has 0 bridgehead atoms. The van der Waals surface area contributed by atoms with E-state index in [-0.39, 0.29) is 0 Å². The average Bonchev–Trinajstić information content (AvgIpc) is 2.39. The minimum atomic E-state index is -3.30. The van der Waals surface area contributed by atoms with Crippen LogP contribution < -0.4 is 0 Å². The van der Waals surface area contributed by atoms with Gasteiger partial charge in [-0.2, -0.15) is 4.31 Å². The first-order valence-corrected chi connectivity index (χ1v) is 8.90. The lowest BCUT2D eigenvalue weighted by molar-refractivity contribution is 0.246. The Morgan fingerprint density at radius 3 is 2.20 bits per heavy atom. The fraction of sp³-hybridized carbons (Fsp3) is 0.625. The molecule has 0 amide bonds. The Balaban J connectivity index is 2.04. The number of hydrogen-bond donors (Lipinski definition) is 0. The number of piperidine rings is 1. The zero-order chi connectivity index (χ0) is 14.8. The maximum absolute atomic E-state index is 12.6. The van der Waals surface area contributed by atoms with Crippen molar-refractivity contribution >= 4 is 10.0 Å². The Labute approximate surface area is 123 Å². The van der Waals surface area contributed by atoms with Gasteiger partial charge in [-0.05, 0) is 50.2 Å². The highest BCUT2D eigenvalue weighted by molar-refractivity contribution is 7.89. The summed E-state index contributed by atoms with van der Waals surface area (Å²) in [4.78, 5) is 0.422. The van der Waals surface area contributed by atoms with Crippen molar-refractivity contribution in [3.8, 4) is 0 Å². The molecule has 1 fully saturated rings. The summed E-state index contributed by atoms with van der Waals surface area (Å²) in [5, 5.41) is 0. The number of nitrogens with zero attached hydrogens (tertiary/aromatic N) is 1. The average molecular weight is 295 g/mol. The molecule has 0 radical (unpaired) electrons. The quantitative estimate of drug-likeness (QED) is 0.853. The number of sulfonamides is 1. The van der Waals surface area contributed by atoms with Crippen LogP contribution in [0.4, 0.5) is 0 Å². The molecule has 2 rings (SSSR count). The van der Waals surface area contributed by atoms with E-state index in [0.717, 1.165) is 18.4 Å². The third-order valence-corrected chi connectivity index (χ3v) is 5.95. The monoisotopic (exact) mass is 295 g/mol. The molecule has 0 N–H and O–H groups in total. The Hall–Kier alpha value is -0.870. The Kier molecular flexibility index (Phi) is 4.86. The van der Waals surface area contributed by atoms with E-state index in [1.54, 1.807) is 16.4 Å². The number of benzene rings is 1. The maximum atomic E-state index is 12.6. The highest BCUT2D eigenvalue weighted by Crippen LogP contribution is 2.27. The summed E-state index contributed by atoms with van der Waals surface area (Å²) in [6, 6.07) is 7.15. The fourth-order valence-corrected chi connectivity index (χ4v) is 4.38. The van der Waals surface area contributed by atoms with Crippen molar-refractivity contribution in [2.24, 2.45) is 11.8 Å². The first-order chi connectivity index (χ1) is 9.39. The van der Waals surface area contributed by atoms with Gasteiger partial charge in [0.1, 0.15) is 0 Å². The van der Waals surface area contributed by atoms with E-state index >= 15 is 0 Å². The second kappa shape index (κ2) is 6.27. The van der Waals surface area contributed by atoms with Gasteiger partial charge in [0.15, 0.2) is 0 Å². The topological polar surface area (TPSA) is 37.4 Å². The largest absolute Gasteiger partial charge is 0.243 e. The van der Waals surface area contributed by atoms with Crippen LogP contribution in [-0.2, 0) is 10.0 Å². The molecule has 4 heteroatoms. The second-order valence-electron chi connectivity index (χ2n) is 6.29. The number of rotatable bonds is 4. The van der Waals surface area contributed by atoms with Crippen LogP contribution in [0.1, 0.15) is 38.7 Å². The molecule has 3 nitrogen and oxygen atoms in total. The minimum Gasteiger partial charge on any atom is -0.207 e. The van der Waals surface area contributed by atoms with Crippen molar-refractivity contribution in [2.75, 3.05) is 13.1 Å². The molecule has 112 valence electrons. The van der Waals surface area contributed by atoms with Crippen LogP contribution in [0.3, 0.4) is 0 Å². The van der Waals surface area contributed by atoms with Gasteiger partial charge in [0, 0.05) is 13.1 Å². The molecule has 0 saturated carbocycles. The van der Waals surface area contributed by atoms with E-state index in [1.807, 2.05) is 19.1 Å². The van der Waals surface area contributed by atoms with E-state index in [1.165, 1.54) is 6.42 Å². The molecule has 0 atom stereocenters. The molecule has 0 aliphatic carbocycles. The molecule has 0 aromatic heterocycles. The maximum Gasteiger partial charge on any atom is 0.243 e. The van der Waals surface area contributed by atoms with Crippen LogP contribution in [0, 0.1) is 18.8 Å². The second-order valence-corrected chi connectivity index (χ2v) is 8.23. The highest BCUT2D eigenvalue weighted by atomic mass is 32.2. The smallest absolute Gasteiger partial charge is 0.207 e. The summed E-state index contributed by atoms with van der Waals surface area (Å²) >= 11 is 0. The van der Waals surface area contributed by atoms with Gasteiger partial charge in [-0.3, -0.25) is 0 Å². The molecule has 0 spiro atoms. The van der Waals surface area contributed by atoms with Gasteiger partial charge in [0.05, 0.1) is 4.90 Å². The Morgan fingerprint density at radius 1 is 1.15 bits per heavy atom. The summed E-state index contributed by atoms with van der Waals surface area (Å²) in [5.74, 6) is 1.37. The van der Waals surface area contributed by atoms with Crippen molar-refractivity contribution in [1.82, 2.24) is 4.31 Å². The Bertz CT molecular complexity index is 526. The van der Waals surface area contributed by atoms with Gasteiger partial charge in [-0.1, -0.05) is 31.5 Å². The van der Waals surface area contributed by atoms with E-state index in [2.05, 4.69) is 13.8 Å². The van der Waals surface area contributed by atoms with Gasteiger partial charge in [0.25, 0.3) is 0 Å². The standard InChI is InChI=1S/C16H25NO2S/c1-13(2)12-15-8-10-17(11-9-15)20(18,19)16-6-4-14(3)5-7-16/h4-7,13,15H,8-12H2,1-3H3. The fourth-order valence-electron chi connectivity index (χ4n) is 2.91. The summed E-state index contributed by atoms with van der Waals surface area (Å²) in [5.41, 5.74) is 1.08. The highest BCUT2D eigenvalue weighted by Gasteiger charge is 2.29. The van der Waals surface area contributed by atoms with E-state index in [4.69, 9.17) is 0 Å². The van der Waals surface area contributed by atoms with Crippen LogP contribution in [0.2, 0.25) is 0 Å². The van der Waals surface area contributed by atoms with E-state index < -0.39 is 10.0 Å². The Morgan fingerprint density at radius 2 is 1.70 bits per heavy atom. The lowest BCUT2D eigenvalue weighted by Crippen LogP contribution is -2.38. The molecular weight excluding hydrogens is 270 g/mol. The van der Waals surface area contributed by atoms with E-state index in [9.17, 15) is 8.42 Å². The summed E-state index contributed by atoms with van der Waals surface area (Å²) in [6.07, 6.45) is 3.19. The number of hydrogen-bond acceptors (Lipinski definition) is 2. The normalized spacial score (nSPS) is 18.6. The minimum absolute atomic E-state index is 0.422. The third-order valence-electron chi connectivity index (χ3n) is 4.04. The molecule has 1 saturated heterocycles. The zero-order valence-corrected chi connectivity index (χ0v) is 13.5. The van der Waals surface area contributed by atoms with Crippen molar-refractivity contribution in [3.05, 3.63) is 29.8 Å². The predicted molar refractivity (Wildman–Crippen MR) is 82.1 cm³/mol. The van der Waals surface area contributed by atoms with Gasteiger partial charge in [-0.15, -0.1) is 0 Å². The van der Waals surface area contributed by atoms with Crippen molar-refractivity contribution < 1.29 is 8.42 Å². The first-order valence-electron chi connectivity index (χ1n) is 7.46. The first kappa shape index (κ1) is 15.5. The molecular formula is C16H25NO2S. The molecule has 1 aliphatic rings. The number of aryl methyl sites for hydroxylation is 1. The van der Waals surface area contributed by atoms with Crippen LogP contribution >= 0.6 is 0 Å². The molecule has 20 heavy (non-hydrogen) atoms. The van der Waals surface area contributed by atoms with Gasteiger partial charge < -0.3 is 0 Å². The summed E-state index contributed by atoms with van der Waals surface area (Å²) in [6.45, 7) is 7.75. The summed E-state index contributed by atoms with van der Waals surface area (Å²) < 4.78 is 26.8. The van der Waals surface area contributed by atoms with Crippen molar-refractivity contribution in [1.29, 1.82) is 0 Å². The van der Waals surface area contributed by atoms with E-state index in [0.29, 0.717) is 29.8 Å². The van der Waals surface area contributed by atoms with Crippen molar-refractivity contribution in [3.63, 3.8) is 0 Å². The zero-order valence-electron chi connectivity index (χ0n) is 12.7. The van der Waals surface area contributed by atoms with Crippen LogP contribution in [0.5, 0.6) is 0 Å². The molecule has 0 unspecified atom stereocenters. The summed E-state index contributed by atoms with van der Waals surface area (Å²) in [7, 11) is -3.30. The molecule has 1 aromatic rings. The molecule has 1 aliphatic heterocycles. The predicted octanol–water partition coefficient (Wildman–Crippen LogP) is 3.44. The molecule has 1 heterocycles. The van der Waals surface area contributed by atoms with Crippen LogP contribution in [0.15, 0.2) is 29.2 Å². The van der Waals surface area contributed by atoms with Crippen LogP contribution in [0.25, 0.3) is 0 Å². The lowest BCUT2D eigenvalue weighted by atomic mass is 9.89.